The fourth-order valence-electron chi connectivity index (χ4n) is 1.06. The smallest absolute Gasteiger partial charge is 0.244 e. The lowest BCUT2D eigenvalue weighted by molar-refractivity contribution is 0.499. The van der Waals surface area contributed by atoms with Gasteiger partial charge in [0.25, 0.3) is 0 Å². The van der Waals surface area contributed by atoms with Gasteiger partial charge in [-0.2, -0.15) is 9.57 Å². The number of pyridine rings is 1. The molecule has 0 saturated heterocycles. The molecule has 0 aromatic carbocycles. The van der Waals surface area contributed by atoms with Gasteiger partial charge in [-0.1, -0.05) is 6.08 Å². The number of nitriles is 1. The SMILES string of the molecule is C=CCN(C)S(=O)(=O)c1ccc(C#N)nc1. The summed E-state index contributed by atoms with van der Waals surface area (Å²) < 4.78 is 24.9. The summed E-state index contributed by atoms with van der Waals surface area (Å²) in [6.45, 7) is 3.69. The number of hydrogen-bond acceptors (Lipinski definition) is 4. The van der Waals surface area contributed by atoms with E-state index >= 15 is 0 Å². The van der Waals surface area contributed by atoms with Crippen molar-refractivity contribution < 1.29 is 8.42 Å². The predicted octanol–water partition coefficient (Wildman–Crippen LogP) is 0.760. The first-order chi connectivity index (χ1) is 7.52. The van der Waals surface area contributed by atoms with Crippen molar-refractivity contribution >= 4 is 10.0 Å². The van der Waals surface area contributed by atoms with Gasteiger partial charge >= 0.3 is 0 Å². The lowest BCUT2D eigenvalue weighted by Gasteiger charge is -2.14. The van der Waals surface area contributed by atoms with E-state index in [2.05, 4.69) is 11.6 Å². The minimum atomic E-state index is -3.54. The van der Waals surface area contributed by atoms with Gasteiger partial charge in [-0.3, -0.25) is 0 Å². The Labute approximate surface area is 94.7 Å². The maximum atomic E-state index is 11.9. The maximum Gasteiger partial charge on any atom is 0.244 e. The molecule has 0 amide bonds. The molecule has 1 aromatic heterocycles. The molecule has 5 nitrogen and oxygen atoms in total. The number of likely N-dealkylation sites (N-methyl/N-ethyl adjacent to an activating group) is 1. The summed E-state index contributed by atoms with van der Waals surface area (Å²) >= 11 is 0. The molecular weight excluding hydrogens is 226 g/mol. The van der Waals surface area contributed by atoms with Gasteiger partial charge in [0, 0.05) is 19.8 Å². The van der Waals surface area contributed by atoms with Crippen LogP contribution in [0.4, 0.5) is 0 Å². The van der Waals surface area contributed by atoms with Crippen LogP contribution in [0, 0.1) is 11.3 Å². The van der Waals surface area contributed by atoms with Crippen LogP contribution < -0.4 is 0 Å². The van der Waals surface area contributed by atoms with Crippen LogP contribution in [0.15, 0.2) is 35.9 Å². The zero-order valence-corrected chi connectivity index (χ0v) is 9.61. The number of aromatic nitrogens is 1. The molecule has 16 heavy (non-hydrogen) atoms. The minimum absolute atomic E-state index is 0.0656. The van der Waals surface area contributed by atoms with Crippen molar-refractivity contribution in [3.8, 4) is 6.07 Å². The first kappa shape index (κ1) is 12.4. The summed E-state index contributed by atoms with van der Waals surface area (Å²) in [4.78, 5) is 3.78. The van der Waals surface area contributed by atoms with Gasteiger partial charge in [0.2, 0.25) is 10.0 Å². The highest BCUT2D eigenvalue weighted by Crippen LogP contribution is 2.12. The van der Waals surface area contributed by atoms with Crippen molar-refractivity contribution in [2.24, 2.45) is 0 Å². The van der Waals surface area contributed by atoms with Crippen molar-refractivity contribution in [2.75, 3.05) is 13.6 Å². The lowest BCUT2D eigenvalue weighted by atomic mass is 10.4. The predicted molar refractivity (Wildman–Crippen MR) is 59.0 cm³/mol. The zero-order valence-electron chi connectivity index (χ0n) is 8.79. The monoisotopic (exact) mass is 237 g/mol. The van der Waals surface area contributed by atoms with E-state index in [1.165, 1.54) is 31.5 Å². The standard InChI is InChI=1S/C10H11N3O2S/c1-3-6-13(2)16(14,15)10-5-4-9(7-11)12-8-10/h3-5,8H,1,6H2,2H3. The van der Waals surface area contributed by atoms with E-state index in [1.54, 1.807) is 0 Å². The van der Waals surface area contributed by atoms with E-state index in [4.69, 9.17) is 5.26 Å². The molecule has 1 rings (SSSR count). The summed E-state index contributed by atoms with van der Waals surface area (Å²) in [5, 5.41) is 8.54. The van der Waals surface area contributed by atoms with Crippen LogP contribution in [0.2, 0.25) is 0 Å². The number of hydrogen-bond donors (Lipinski definition) is 0. The highest BCUT2D eigenvalue weighted by molar-refractivity contribution is 7.89. The molecule has 0 radical (unpaired) electrons. The van der Waals surface area contributed by atoms with Crippen molar-refractivity contribution in [3.05, 3.63) is 36.7 Å². The molecular formula is C10H11N3O2S. The highest BCUT2D eigenvalue weighted by atomic mass is 32.2. The van der Waals surface area contributed by atoms with Crippen molar-refractivity contribution in [1.29, 1.82) is 5.26 Å². The second kappa shape index (κ2) is 4.88. The summed E-state index contributed by atoms with van der Waals surface area (Å²) in [5.74, 6) is 0. The average Bonchev–Trinajstić information content (AvgIpc) is 2.29. The van der Waals surface area contributed by atoms with E-state index in [1.807, 2.05) is 6.07 Å². The zero-order chi connectivity index (χ0) is 12.2. The van der Waals surface area contributed by atoms with Gasteiger partial charge in [-0.15, -0.1) is 6.58 Å². The van der Waals surface area contributed by atoms with Gasteiger partial charge in [0.1, 0.15) is 16.7 Å². The molecule has 0 fully saturated rings. The molecule has 1 heterocycles. The Morgan fingerprint density at radius 3 is 2.75 bits per heavy atom. The molecule has 0 atom stereocenters. The molecule has 0 saturated carbocycles. The average molecular weight is 237 g/mol. The first-order valence-corrected chi connectivity index (χ1v) is 5.89. The van der Waals surface area contributed by atoms with Gasteiger partial charge in [-0.05, 0) is 12.1 Å². The van der Waals surface area contributed by atoms with Gasteiger partial charge in [0.05, 0.1) is 0 Å². The molecule has 0 unspecified atom stereocenters. The van der Waals surface area contributed by atoms with Crippen LogP contribution in [0.3, 0.4) is 0 Å². The van der Waals surface area contributed by atoms with E-state index in [-0.39, 0.29) is 17.1 Å². The summed E-state index contributed by atoms with van der Waals surface area (Å²) in [5.41, 5.74) is 0.185. The molecule has 0 N–H and O–H groups in total. The van der Waals surface area contributed by atoms with E-state index < -0.39 is 10.0 Å². The topological polar surface area (TPSA) is 74.1 Å². The summed E-state index contributed by atoms with van der Waals surface area (Å²) in [7, 11) is -2.08. The number of nitrogens with zero attached hydrogens (tertiary/aromatic N) is 3. The summed E-state index contributed by atoms with van der Waals surface area (Å²) in [6, 6.07) is 4.56. The van der Waals surface area contributed by atoms with Crippen LogP contribution in [0.5, 0.6) is 0 Å². The van der Waals surface area contributed by atoms with Crippen LogP contribution >= 0.6 is 0 Å². The third-order valence-corrected chi connectivity index (χ3v) is 3.75. The first-order valence-electron chi connectivity index (χ1n) is 4.45. The molecule has 0 spiro atoms. The Bertz CT molecular complexity index is 514. The lowest BCUT2D eigenvalue weighted by Crippen LogP contribution is -2.27. The van der Waals surface area contributed by atoms with E-state index in [0.29, 0.717) is 0 Å². The highest BCUT2D eigenvalue weighted by Gasteiger charge is 2.19. The molecule has 0 aliphatic carbocycles. The number of sulfonamides is 1. The largest absolute Gasteiger partial charge is 0.244 e. The second-order valence-corrected chi connectivity index (χ2v) is 5.11. The third kappa shape index (κ3) is 2.45. The van der Waals surface area contributed by atoms with Gasteiger partial charge in [-0.25, -0.2) is 13.4 Å². The van der Waals surface area contributed by atoms with E-state index in [9.17, 15) is 8.42 Å². The molecule has 6 heteroatoms. The summed E-state index contributed by atoms with van der Waals surface area (Å²) in [6.07, 6.45) is 2.67. The Hall–Kier alpha value is -1.71. The van der Waals surface area contributed by atoms with Gasteiger partial charge < -0.3 is 0 Å². The van der Waals surface area contributed by atoms with Crippen LogP contribution in [0.1, 0.15) is 5.69 Å². The Morgan fingerprint density at radius 2 is 2.31 bits per heavy atom. The van der Waals surface area contributed by atoms with Crippen LogP contribution in [0.25, 0.3) is 0 Å². The molecule has 0 aliphatic rings. The van der Waals surface area contributed by atoms with Crippen molar-refractivity contribution in [1.82, 2.24) is 9.29 Å². The van der Waals surface area contributed by atoms with Crippen molar-refractivity contribution in [3.63, 3.8) is 0 Å². The third-order valence-electron chi connectivity index (χ3n) is 1.95. The Morgan fingerprint density at radius 1 is 1.62 bits per heavy atom. The Balaban J connectivity index is 3.08. The molecule has 1 aromatic rings. The molecule has 0 aliphatic heterocycles. The minimum Gasteiger partial charge on any atom is -0.244 e. The van der Waals surface area contributed by atoms with Gasteiger partial charge in [0.15, 0.2) is 0 Å². The molecule has 84 valence electrons. The van der Waals surface area contributed by atoms with Crippen LogP contribution in [-0.2, 0) is 10.0 Å². The normalized spacial score (nSPS) is 11.1. The number of rotatable bonds is 4. The second-order valence-electron chi connectivity index (χ2n) is 3.07. The Kier molecular flexibility index (Phi) is 3.77. The molecule has 0 bridgehead atoms. The maximum absolute atomic E-state index is 11.9. The van der Waals surface area contributed by atoms with Crippen molar-refractivity contribution in [2.45, 2.75) is 4.90 Å². The fraction of sp³-hybridized carbons (Fsp3) is 0.200. The quantitative estimate of drug-likeness (QED) is 0.724. The van der Waals surface area contributed by atoms with Crippen LogP contribution in [-0.4, -0.2) is 31.3 Å². The fourth-order valence-corrected chi connectivity index (χ4v) is 2.15. The van der Waals surface area contributed by atoms with E-state index in [0.717, 1.165) is 4.31 Å².